The summed E-state index contributed by atoms with van der Waals surface area (Å²) in [5, 5.41) is 5.41. The minimum atomic E-state index is -3.61. The fourth-order valence-corrected chi connectivity index (χ4v) is 4.98. The summed E-state index contributed by atoms with van der Waals surface area (Å²) < 4.78 is 39.6. The van der Waals surface area contributed by atoms with E-state index in [1.807, 2.05) is 12.3 Å². The maximum atomic E-state index is 12.6. The van der Waals surface area contributed by atoms with E-state index in [1.54, 1.807) is 18.2 Å². The number of aromatic nitrogens is 3. The van der Waals surface area contributed by atoms with Gasteiger partial charge in [-0.05, 0) is 24.6 Å². The maximum absolute atomic E-state index is 12.6. The van der Waals surface area contributed by atoms with Crippen molar-refractivity contribution >= 4 is 43.8 Å². The SMILES string of the molecule is Cc1csc(Nc2nsc(S(=O)(=O)Cc3ccc4c(c3)OCO4)n2)n1. The van der Waals surface area contributed by atoms with E-state index in [0.717, 1.165) is 17.2 Å². The zero-order valence-corrected chi connectivity index (χ0v) is 15.4. The molecule has 0 amide bonds. The zero-order chi connectivity index (χ0) is 17.4. The molecule has 0 unspecified atom stereocenters. The Morgan fingerprint density at radius 3 is 2.88 bits per heavy atom. The lowest BCUT2D eigenvalue weighted by molar-refractivity contribution is 0.174. The van der Waals surface area contributed by atoms with Crippen LogP contribution in [0.2, 0.25) is 0 Å². The monoisotopic (exact) mass is 396 g/mol. The fraction of sp³-hybridized carbons (Fsp3) is 0.214. The van der Waals surface area contributed by atoms with Gasteiger partial charge in [-0.3, -0.25) is 5.32 Å². The van der Waals surface area contributed by atoms with Crippen molar-refractivity contribution in [1.82, 2.24) is 14.3 Å². The largest absolute Gasteiger partial charge is 0.454 e. The number of thiazole rings is 1. The Morgan fingerprint density at radius 1 is 1.24 bits per heavy atom. The van der Waals surface area contributed by atoms with Gasteiger partial charge in [-0.2, -0.15) is 9.36 Å². The number of anilines is 2. The van der Waals surface area contributed by atoms with Gasteiger partial charge in [0.2, 0.25) is 26.9 Å². The molecule has 1 aliphatic heterocycles. The van der Waals surface area contributed by atoms with Crippen molar-refractivity contribution in [2.24, 2.45) is 0 Å². The Morgan fingerprint density at radius 2 is 2.08 bits per heavy atom. The second-order valence-corrected chi connectivity index (χ2v) is 9.02. The highest BCUT2D eigenvalue weighted by molar-refractivity contribution is 7.92. The average Bonchev–Trinajstić information content (AvgIpc) is 3.28. The summed E-state index contributed by atoms with van der Waals surface area (Å²) >= 11 is 2.24. The van der Waals surface area contributed by atoms with E-state index in [1.165, 1.54) is 11.3 Å². The average molecular weight is 396 g/mol. The van der Waals surface area contributed by atoms with Crippen molar-refractivity contribution in [3.05, 3.63) is 34.8 Å². The Labute approximate surface area is 151 Å². The molecule has 1 N–H and O–H groups in total. The molecule has 3 heterocycles. The van der Waals surface area contributed by atoms with Gasteiger partial charge in [0.15, 0.2) is 16.6 Å². The second-order valence-electron chi connectivity index (χ2n) is 5.25. The van der Waals surface area contributed by atoms with Crippen LogP contribution in [0.15, 0.2) is 27.9 Å². The molecular formula is C14H12N4O4S3. The van der Waals surface area contributed by atoms with E-state index in [9.17, 15) is 8.42 Å². The van der Waals surface area contributed by atoms with Crippen LogP contribution in [0, 0.1) is 6.92 Å². The summed E-state index contributed by atoms with van der Waals surface area (Å²) in [4.78, 5) is 8.31. The molecule has 0 saturated heterocycles. The molecule has 11 heteroatoms. The summed E-state index contributed by atoms with van der Waals surface area (Å²) in [7, 11) is -3.61. The molecule has 0 aliphatic carbocycles. The third-order valence-electron chi connectivity index (χ3n) is 3.30. The van der Waals surface area contributed by atoms with Crippen LogP contribution in [0.1, 0.15) is 11.3 Å². The first-order chi connectivity index (χ1) is 12.0. The molecule has 3 aromatic rings. The first kappa shape index (κ1) is 16.2. The highest BCUT2D eigenvalue weighted by Crippen LogP contribution is 2.33. The van der Waals surface area contributed by atoms with Crippen LogP contribution in [0.5, 0.6) is 11.5 Å². The molecule has 4 rings (SSSR count). The minimum Gasteiger partial charge on any atom is -0.454 e. The van der Waals surface area contributed by atoms with Crippen molar-refractivity contribution in [3.63, 3.8) is 0 Å². The maximum Gasteiger partial charge on any atom is 0.242 e. The summed E-state index contributed by atoms with van der Waals surface area (Å²) in [6.45, 7) is 2.02. The molecule has 0 fully saturated rings. The van der Waals surface area contributed by atoms with E-state index in [-0.39, 0.29) is 22.8 Å². The van der Waals surface area contributed by atoms with Crippen molar-refractivity contribution in [1.29, 1.82) is 0 Å². The molecule has 1 aromatic carbocycles. The first-order valence-corrected chi connectivity index (χ1v) is 10.4. The quantitative estimate of drug-likeness (QED) is 0.702. The lowest BCUT2D eigenvalue weighted by Gasteiger charge is -2.02. The summed E-state index contributed by atoms with van der Waals surface area (Å²) in [6, 6.07) is 5.06. The molecule has 0 bridgehead atoms. The van der Waals surface area contributed by atoms with Gasteiger partial charge in [0.25, 0.3) is 0 Å². The number of aryl methyl sites for hydroxylation is 1. The zero-order valence-electron chi connectivity index (χ0n) is 12.9. The lowest BCUT2D eigenvalue weighted by Crippen LogP contribution is -2.05. The highest BCUT2D eigenvalue weighted by Gasteiger charge is 2.23. The topological polar surface area (TPSA) is 103 Å². The van der Waals surface area contributed by atoms with Crippen LogP contribution in [-0.2, 0) is 15.6 Å². The van der Waals surface area contributed by atoms with Crippen molar-refractivity contribution in [3.8, 4) is 11.5 Å². The number of benzene rings is 1. The van der Waals surface area contributed by atoms with Crippen LogP contribution >= 0.6 is 22.9 Å². The van der Waals surface area contributed by atoms with Crippen LogP contribution in [0.3, 0.4) is 0 Å². The number of nitrogens with one attached hydrogen (secondary N) is 1. The smallest absolute Gasteiger partial charge is 0.242 e. The third kappa shape index (κ3) is 3.43. The molecule has 8 nitrogen and oxygen atoms in total. The molecule has 0 radical (unpaired) electrons. The Hall–Kier alpha value is -2.24. The number of fused-ring (bicyclic) bond motifs is 1. The van der Waals surface area contributed by atoms with Gasteiger partial charge in [-0.1, -0.05) is 6.07 Å². The van der Waals surface area contributed by atoms with E-state index in [0.29, 0.717) is 22.2 Å². The summed E-state index contributed by atoms with van der Waals surface area (Å²) in [5.41, 5.74) is 1.47. The molecular weight excluding hydrogens is 384 g/mol. The van der Waals surface area contributed by atoms with Gasteiger partial charge < -0.3 is 9.47 Å². The first-order valence-electron chi connectivity index (χ1n) is 7.14. The highest BCUT2D eigenvalue weighted by atomic mass is 32.2. The van der Waals surface area contributed by atoms with E-state index < -0.39 is 9.84 Å². The second kappa shape index (κ2) is 6.24. The van der Waals surface area contributed by atoms with Gasteiger partial charge in [0.1, 0.15) is 0 Å². The van der Waals surface area contributed by atoms with Crippen molar-refractivity contribution in [2.45, 2.75) is 17.0 Å². The normalized spacial score (nSPS) is 13.2. The predicted molar refractivity (Wildman–Crippen MR) is 93.5 cm³/mol. The molecule has 2 aromatic heterocycles. The Bertz CT molecular complexity index is 1030. The van der Waals surface area contributed by atoms with Crippen molar-refractivity contribution in [2.75, 3.05) is 12.1 Å². The number of rotatable bonds is 5. The molecule has 0 atom stereocenters. The number of ether oxygens (including phenoxy) is 2. The lowest BCUT2D eigenvalue weighted by atomic mass is 10.2. The molecule has 1 aliphatic rings. The van der Waals surface area contributed by atoms with Gasteiger partial charge in [0, 0.05) is 16.9 Å². The van der Waals surface area contributed by atoms with Gasteiger partial charge in [-0.15, -0.1) is 11.3 Å². The van der Waals surface area contributed by atoms with Crippen LogP contribution in [0.25, 0.3) is 0 Å². The number of hydrogen-bond acceptors (Lipinski definition) is 10. The minimum absolute atomic E-state index is 0.0408. The number of sulfone groups is 1. The van der Waals surface area contributed by atoms with E-state index >= 15 is 0 Å². The van der Waals surface area contributed by atoms with Gasteiger partial charge >= 0.3 is 0 Å². The summed E-state index contributed by atoms with van der Waals surface area (Å²) in [5.74, 6) is 1.20. The Kier molecular flexibility index (Phi) is 4.06. The number of nitrogens with zero attached hydrogens (tertiary/aromatic N) is 3. The fourth-order valence-electron chi connectivity index (χ4n) is 2.21. The summed E-state index contributed by atoms with van der Waals surface area (Å²) in [6.07, 6.45) is 0. The molecule has 0 saturated carbocycles. The molecule has 130 valence electrons. The van der Waals surface area contributed by atoms with E-state index in [2.05, 4.69) is 19.7 Å². The third-order valence-corrected chi connectivity index (χ3v) is 7.01. The Balaban J connectivity index is 1.52. The van der Waals surface area contributed by atoms with Crippen LogP contribution < -0.4 is 14.8 Å². The van der Waals surface area contributed by atoms with Gasteiger partial charge in [-0.25, -0.2) is 13.4 Å². The number of hydrogen-bond donors (Lipinski definition) is 1. The predicted octanol–water partition coefficient (Wildman–Crippen LogP) is 2.75. The van der Waals surface area contributed by atoms with Crippen LogP contribution in [-0.4, -0.2) is 29.6 Å². The molecule has 0 spiro atoms. The molecule has 25 heavy (non-hydrogen) atoms. The van der Waals surface area contributed by atoms with E-state index in [4.69, 9.17) is 9.47 Å². The van der Waals surface area contributed by atoms with Crippen LogP contribution in [0.4, 0.5) is 11.1 Å². The van der Waals surface area contributed by atoms with Gasteiger partial charge in [0.05, 0.1) is 11.4 Å². The van der Waals surface area contributed by atoms with Crippen molar-refractivity contribution < 1.29 is 17.9 Å². The standard InChI is InChI=1S/C14H12N4O4S3/c1-8-5-23-13(15-8)16-12-17-14(24-18-12)25(19,20)6-9-2-3-10-11(4-9)22-7-21-10/h2-5H,6-7H2,1H3,(H,15,16,18).